The Kier molecular flexibility index (Phi) is 44.0. The molecule has 0 atom stereocenters. The minimum absolute atomic E-state index is 0. The molecule has 0 aliphatic carbocycles. The quantitative estimate of drug-likeness (QED) is 0.724. The summed E-state index contributed by atoms with van der Waals surface area (Å²) in [4.78, 5) is 0. The van der Waals surface area contributed by atoms with Crippen LogP contribution in [0.1, 0.15) is 45.6 Å². The summed E-state index contributed by atoms with van der Waals surface area (Å²) in [5.74, 6) is 0. The maximum absolute atomic E-state index is 7.88. The van der Waals surface area contributed by atoms with E-state index in [1.54, 1.807) is 0 Å². The summed E-state index contributed by atoms with van der Waals surface area (Å²) in [6.45, 7) is 10.5. The SMILES string of the molecule is CCCO.CCCO.CCCO.[CH2-]c1ccccc1.[Zr]. The fourth-order valence-corrected chi connectivity index (χ4v) is 0.478. The fraction of sp³-hybridized carbons (Fsp3) is 0.562. The molecule has 0 radical (unpaired) electrons. The summed E-state index contributed by atoms with van der Waals surface area (Å²) in [6, 6.07) is 9.87. The van der Waals surface area contributed by atoms with E-state index in [1.807, 2.05) is 51.1 Å². The third-order valence-electron chi connectivity index (χ3n) is 1.51. The van der Waals surface area contributed by atoms with Crippen molar-refractivity contribution in [1.29, 1.82) is 0 Å². The van der Waals surface area contributed by atoms with E-state index in [0.717, 1.165) is 24.8 Å². The summed E-state index contributed by atoms with van der Waals surface area (Å²) in [5, 5.41) is 23.6. The Balaban J connectivity index is -0.0000000881. The Hall–Kier alpha value is -0.147. The molecule has 118 valence electrons. The van der Waals surface area contributed by atoms with Crippen LogP contribution < -0.4 is 0 Å². The molecule has 0 bridgehead atoms. The molecule has 0 spiro atoms. The van der Waals surface area contributed by atoms with Gasteiger partial charge < -0.3 is 15.3 Å². The van der Waals surface area contributed by atoms with Crippen LogP contribution in [-0.4, -0.2) is 35.1 Å². The van der Waals surface area contributed by atoms with Crippen molar-refractivity contribution in [1.82, 2.24) is 0 Å². The predicted octanol–water partition coefficient (Wildman–Crippen LogP) is 3.03. The van der Waals surface area contributed by atoms with E-state index in [4.69, 9.17) is 15.3 Å². The van der Waals surface area contributed by atoms with E-state index >= 15 is 0 Å². The maximum Gasteiger partial charge on any atom is 0.0428 e. The van der Waals surface area contributed by atoms with E-state index < -0.39 is 0 Å². The number of rotatable bonds is 3. The van der Waals surface area contributed by atoms with Crippen molar-refractivity contribution in [2.24, 2.45) is 0 Å². The second-order valence-electron chi connectivity index (χ2n) is 3.66. The van der Waals surface area contributed by atoms with Gasteiger partial charge in [0.2, 0.25) is 0 Å². The van der Waals surface area contributed by atoms with Gasteiger partial charge in [0.25, 0.3) is 0 Å². The van der Waals surface area contributed by atoms with Crippen LogP contribution in [0.5, 0.6) is 0 Å². The minimum Gasteiger partial charge on any atom is -0.396 e. The van der Waals surface area contributed by atoms with Crippen LogP contribution in [0, 0.1) is 6.92 Å². The van der Waals surface area contributed by atoms with E-state index in [-0.39, 0.29) is 26.2 Å². The molecule has 1 rings (SSSR count). The molecule has 4 heteroatoms. The summed E-state index contributed by atoms with van der Waals surface area (Å²) in [7, 11) is 0. The smallest absolute Gasteiger partial charge is 0.0428 e. The Labute approximate surface area is 144 Å². The molecule has 20 heavy (non-hydrogen) atoms. The van der Waals surface area contributed by atoms with Crippen LogP contribution >= 0.6 is 0 Å². The zero-order valence-electron chi connectivity index (χ0n) is 13.2. The molecule has 0 saturated heterocycles. The molecular formula is C16H31O3Zr-. The fourth-order valence-electron chi connectivity index (χ4n) is 0.478. The van der Waals surface area contributed by atoms with Gasteiger partial charge in [0.1, 0.15) is 0 Å². The first-order valence-corrected chi connectivity index (χ1v) is 6.83. The van der Waals surface area contributed by atoms with E-state index in [0.29, 0.717) is 19.8 Å². The summed E-state index contributed by atoms with van der Waals surface area (Å²) < 4.78 is 0. The third-order valence-corrected chi connectivity index (χ3v) is 1.51. The maximum atomic E-state index is 7.88. The van der Waals surface area contributed by atoms with Crippen LogP contribution in [-0.2, 0) is 26.2 Å². The van der Waals surface area contributed by atoms with Crippen LogP contribution in [0.25, 0.3) is 0 Å². The average molecular weight is 363 g/mol. The van der Waals surface area contributed by atoms with Crippen molar-refractivity contribution in [2.75, 3.05) is 19.8 Å². The first-order valence-electron chi connectivity index (χ1n) is 6.83. The molecular weight excluding hydrogens is 331 g/mol. The number of aliphatic hydroxyl groups excluding tert-OH is 3. The first-order chi connectivity index (χ1) is 9.14. The molecule has 3 nitrogen and oxygen atoms in total. The van der Waals surface area contributed by atoms with Crippen LogP contribution in [0.3, 0.4) is 0 Å². The monoisotopic (exact) mass is 361 g/mol. The molecule has 0 aliphatic heterocycles. The molecule has 0 saturated carbocycles. The molecule has 0 aliphatic rings. The van der Waals surface area contributed by atoms with Gasteiger partial charge in [-0.3, -0.25) is 0 Å². The zero-order valence-corrected chi connectivity index (χ0v) is 15.6. The van der Waals surface area contributed by atoms with Gasteiger partial charge in [-0.15, -0.1) is 12.1 Å². The van der Waals surface area contributed by atoms with E-state index in [1.165, 1.54) is 0 Å². The van der Waals surface area contributed by atoms with Gasteiger partial charge in [-0.05, 0) is 19.3 Å². The van der Waals surface area contributed by atoms with Crippen LogP contribution in [0.15, 0.2) is 30.3 Å². The largest absolute Gasteiger partial charge is 0.396 e. The molecule has 0 amide bonds. The second-order valence-corrected chi connectivity index (χ2v) is 3.66. The topological polar surface area (TPSA) is 60.7 Å². The second kappa shape index (κ2) is 31.3. The Morgan fingerprint density at radius 3 is 1.10 bits per heavy atom. The predicted molar refractivity (Wildman–Crippen MR) is 83.0 cm³/mol. The number of aliphatic hydroxyl groups is 3. The molecule has 3 N–H and O–H groups in total. The van der Waals surface area contributed by atoms with Gasteiger partial charge in [-0.1, -0.05) is 26.8 Å². The van der Waals surface area contributed by atoms with E-state index in [9.17, 15) is 0 Å². The van der Waals surface area contributed by atoms with Crippen molar-refractivity contribution in [3.63, 3.8) is 0 Å². The van der Waals surface area contributed by atoms with Crippen molar-refractivity contribution in [3.8, 4) is 0 Å². The Morgan fingerprint density at radius 1 is 0.750 bits per heavy atom. The number of benzene rings is 1. The number of hydrogen-bond donors (Lipinski definition) is 3. The normalized spacial score (nSPS) is 7.50. The van der Waals surface area contributed by atoms with Crippen molar-refractivity contribution < 1.29 is 41.5 Å². The molecule has 1 aromatic carbocycles. The summed E-state index contributed by atoms with van der Waals surface area (Å²) >= 11 is 0. The van der Waals surface area contributed by atoms with Crippen molar-refractivity contribution in [2.45, 2.75) is 40.0 Å². The average Bonchev–Trinajstić information content (AvgIpc) is 2.48. The van der Waals surface area contributed by atoms with Crippen LogP contribution in [0.4, 0.5) is 0 Å². The van der Waals surface area contributed by atoms with E-state index in [2.05, 4.69) is 6.92 Å². The van der Waals surface area contributed by atoms with Crippen LogP contribution in [0.2, 0.25) is 0 Å². The summed E-state index contributed by atoms with van der Waals surface area (Å²) in [5.41, 5.74) is 1.07. The van der Waals surface area contributed by atoms with Crippen molar-refractivity contribution in [3.05, 3.63) is 42.8 Å². The van der Waals surface area contributed by atoms with Gasteiger partial charge in [0.05, 0.1) is 0 Å². The summed E-state index contributed by atoms with van der Waals surface area (Å²) in [6.07, 6.45) is 2.62. The van der Waals surface area contributed by atoms with Gasteiger partial charge in [-0.25, -0.2) is 0 Å². The molecule has 0 heterocycles. The Bertz CT molecular complexity index is 203. The molecule has 0 aromatic heterocycles. The minimum atomic E-state index is 0. The van der Waals surface area contributed by atoms with Gasteiger partial charge >= 0.3 is 0 Å². The van der Waals surface area contributed by atoms with Gasteiger partial charge in [-0.2, -0.15) is 24.6 Å². The zero-order chi connectivity index (χ0) is 15.4. The molecule has 0 fully saturated rings. The third kappa shape index (κ3) is 43.0. The molecule has 1 aromatic rings. The van der Waals surface area contributed by atoms with Gasteiger partial charge in [0, 0.05) is 46.0 Å². The number of hydrogen-bond acceptors (Lipinski definition) is 3. The molecule has 0 unspecified atom stereocenters. The first kappa shape index (κ1) is 28.1. The Morgan fingerprint density at radius 2 is 1.00 bits per heavy atom. The van der Waals surface area contributed by atoms with Crippen molar-refractivity contribution >= 4 is 0 Å². The standard InChI is InChI=1S/C7H7.3C3H8O.Zr/c1-7-5-3-2-4-6-7;3*1-2-3-4;/h2-6H,1H2;3*4H,2-3H2,1H3;/q-1;;;;. The van der Waals surface area contributed by atoms with Gasteiger partial charge in [0.15, 0.2) is 0 Å².